The Morgan fingerprint density at radius 3 is 2.60 bits per heavy atom. The lowest BCUT2D eigenvalue weighted by molar-refractivity contribution is 0.0525. The SMILES string of the molecule is COc1cc(F)cc(OCCCNC(=O)OC(C)(C)C)c1-c1cc(Nc2cnc(C#N)cn2)n[nH]1. The Hall–Kier alpha value is -4.40. The van der Waals surface area contributed by atoms with Gasteiger partial charge < -0.3 is 24.8 Å². The predicted molar refractivity (Wildman–Crippen MR) is 125 cm³/mol. The van der Waals surface area contributed by atoms with Crippen LogP contribution in [0, 0.1) is 17.1 Å². The number of anilines is 2. The molecule has 2 heterocycles. The molecule has 0 bridgehead atoms. The Labute approximate surface area is 201 Å². The number of nitriles is 1. The minimum Gasteiger partial charge on any atom is -0.496 e. The van der Waals surface area contributed by atoms with Crippen LogP contribution in [0.15, 0.2) is 30.6 Å². The van der Waals surface area contributed by atoms with Gasteiger partial charge in [-0.25, -0.2) is 19.2 Å². The van der Waals surface area contributed by atoms with Crippen LogP contribution < -0.4 is 20.1 Å². The number of rotatable bonds is 9. The molecule has 0 spiro atoms. The Balaban J connectivity index is 1.69. The van der Waals surface area contributed by atoms with Crippen molar-refractivity contribution in [2.75, 3.05) is 25.6 Å². The van der Waals surface area contributed by atoms with Crippen LogP contribution in [0.25, 0.3) is 11.3 Å². The number of methoxy groups -OCH3 is 1. The molecule has 0 radical (unpaired) electrons. The second kappa shape index (κ2) is 11.1. The predicted octanol–water partition coefficient (Wildman–Crippen LogP) is 3.92. The monoisotopic (exact) mass is 483 g/mol. The van der Waals surface area contributed by atoms with E-state index in [9.17, 15) is 9.18 Å². The Kier molecular flexibility index (Phi) is 8.04. The fraction of sp³-hybridized carbons (Fsp3) is 0.348. The quantitative estimate of drug-likeness (QED) is 0.385. The molecule has 0 saturated heterocycles. The van der Waals surface area contributed by atoms with Gasteiger partial charge >= 0.3 is 6.09 Å². The second-order valence-corrected chi connectivity index (χ2v) is 8.30. The first-order valence-electron chi connectivity index (χ1n) is 10.7. The highest BCUT2D eigenvalue weighted by Crippen LogP contribution is 2.39. The third-order valence-corrected chi connectivity index (χ3v) is 4.37. The minimum absolute atomic E-state index is 0.192. The Bertz CT molecular complexity index is 1200. The number of amides is 1. The third-order valence-electron chi connectivity index (χ3n) is 4.37. The van der Waals surface area contributed by atoms with Gasteiger partial charge in [0.2, 0.25) is 0 Å². The van der Waals surface area contributed by atoms with Crippen LogP contribution in [0.1, 0.15) is 32.9 Å². The van der Waals surface area contributed by atoms with Crippen molar-refractivity contribution in [3.8, 4) is 28.8 Å². The number of carbonyl (C=O) groups excluding carboxylic acids is 1. The zero-order valence-electron chi connectivity index (χ0n) is 19.8. The molecule has 11 nitrogen and oxygen atoms in total. The van der Waals surface area contributed by atoms with Crippen LogP contribution in [0.4, 0.5) is 20.8 Å². The molecule has 35 heavy (non-hydrogen) atoms. The molecule has 0 aliphatic heterocycles. The third kappa shape index (κ3) is 7.29. The molecule has 3 N–H and O–H groups in total. The number of aromatic amines is 1. The molecule has 1 aromatic carbocycles. The van der Waals surface area contributed by atoms with Gasteiger partial charge in [0.25, 0.3) is 0 Å². The zero-order valence-corrected chi connectivity index (χ0v) is 19.8. The summed E-state index contributed by atoms with van der Waals surface area (Å²) >= 11 is 0. The first-order valence-corrected chi connectivity index (χ1v) is 10.7. The lowest BCUT2D eigenvalue weighted by Crippen LogP contribution is -2.33. The maximum atomic E-state index is 14.2. The van der Waals surface area contributed by atoms with Gasteiger partial charge in [-0.3, -0.25) is 5.10 Å². The molecular weight excluding hydrogens is 457 g/mol. The number of nitrogens with one attached hydrogen (secondary N) is 3. The molecule has 0 saturated carbocycles. The van der Waals surface area contributed by atoms with Gasteiger partial charge in [0.15, 0.2) is 11.5 Å². The van der Waals surface area contributed by atoms with Crippen molar-refractivity contribution in [1.29, 1.82) is 5.26 Å². The fourth-order valence-electron chi connectivity index (χ4n) is 2.95. The van der Waals surface area contributed by atoms with E-state index in [0.29, 0.717) is 35.9 Å². The van der Waals surface area contributed by atoms with Gasteiger partial charge in [0.05, 0.1) is 37.4 Å². The van der Waals surface area contributed by atoms with E-state index in [0.717, 1.165) is 0 Å². The fourth-order valence-corrected chi connectivity index (χ4v) is 2.95. The molecule has 1 amide bonds. The summed E-state index contributed by atoms with van der Waals surface area (Å²) in [6.45, 7) is 5.87. The number of nitrogens with zero attached hydrogens (tertiary/aromatic N) is 4. The molecule has 0 atom stereocenters. The summed E-state index contributed by atoms with van der Waals surface area (Å²) in [6.07, 6.45) is 2.69. The van der Waals surface area contributed by atoms with Crippen LogP contribution in [-0.2, 0) is 4.74 Å². The van der Waals surface area contributed by atoms with E-state index in [2.05, 4.69) is 30.8 Å². The number of alkyl carbamates (subject to hydrolysis) is 1. The summed E-state index contributed by atoms with van der Waals surface area (Å²) in [5.41, 5.74) is 0.587. The summed E-state index contributed by atoms with van der Waals surface area (Å²) in [4.78, 5) is 19.8. The summed E-state index contributed by atoms with van der Waals surface area (Å²) in [6, 6.07) is 6.06. The molecule has 0 unspecified atom stereocenters. The minimum atomic E-state index is -0.585. The summed E-state index contributed by atoms with van der Waals surface area (Å²) in [5.74, 6) is 0.769. The number of carbonyl (C=O) groups is 1. The highest BCUT2D eigenvalue weighted by molar-refractivity contribution is 5.76. The van der Waals surface area contributed by atoms with Crippen molar-refractivity contribution in [2.24, 2.45) is 0 Å². The molecule has 3 rings (SSSR count). The summed E-state index contributed by atoms with van der Waals surface area (Å²) in [5, 5.41) is 21.5. The van der Waals surface area contributed by atoms with Gasteiger partial charge in [-0.1, -0.05) is 0 Å². The van der Waals surface area contributed by atoms with Crippen LogP contribution in [0.3, 0.4) is 0 Å². The van der Waals surface area contributed by atoms with Gasteiger partial charge in [-0.15, -0.1) is 0 Å². The van der Waals surface area contributed by atoms with Crippen molar-refractivity contribution in [2.45, 2.75) is 32.8 Å². The van der Waals surface area contributed by atoms with Crippen molar-refractivity contribution in [1.82, 2.24) is 25.5 Å². The molecule has 2 aromatic heterocycles. The van der Waals surface area contributed by atoms with E-state index in [1.54, 1.807) is 26.8 Å². The van der Waals surface area contributed by atoms with E-state index >= 15 is 0 Å². The first kappa shape index (κ1) is 25.2. The summed E-state index contributed by atoms with van der Waals surface area (Å²) < 4.78 is 30.6. The van der Waals surface area contributed by atoms with Crippen LogP contribution in [0.2, 0.25) is 0 Å². The smallest absolute Gasteiger partial charge is 0.407 e. The average Bonchev–Trinajstić information content (AvgIpc) is 3.25. The number of ether oxygens (including phenoxy) is 3. The summed E-state index contributed by atoms with van der Waals surface area (Å²) in [7, 11) is 1.43. The maximum absolute atomic E-state index is 14.2. The average molecular weight is 484 g/mol. The van der Waals surface area contributed by atoms with Crippen LogP contribution in [0.5, 0.6) is 11.5 Å². The van der Waals surface area contributed by atoms with E-state index in [4.69, 9.17) is 19.5 Å². The molecule has 0 aliphatic rings. The first-order chi connectivity index (χ1) is 16.7. The molecule has 184 valence electrons. The second-order valence-electron chi connectivity index (χ2n) is 8.30. The molecule has 0 fully saturated rings. The van der Waals surface area contributed by atoms with Gasteiger partial charge in [-0.05, 0) is 27.2 Å². The van der Waals surface area contributed by atoms with E-state index in [1.807, 2.05) is 6.07 Å². The number of aromatic nitrogens is 4. The number of halogens is 1. The number of hydrogen-bond acceptors (Lipinski definition) is 9. The lowest BCUT2D eigenvalue weighted by atomic mass is 10.1. The normalized spacial score (nSPS) is 10.9. The lowest BCUT2D eigenvalue weighted by Gasteiger charge is -2.19. The van der Waals surface area contributed by atoms with E-state index < -0.39 is 17.5 Å². The van der Waals surface area contributed by atoms with Crippen LogP contribution >= 0.6 is 0 Å². The number of H-pyrrole nitrogens is 1. The van der Waals surface area contributed by atoms with E-state index in [-0.39, 0.29) is 23.8 Å². The Morgan fingerprint density at radius 1 is 1.17 bits per heavy atom. The topological polar surface area (TPSA) is 147 Å². The van der Waals surface area contributed by atoms with Gasteiger partial charge in [0.1, 0.15) is 34.8 Å². The largest absolute Gasteiger partial charge is 0.496 e. The number of hydrogen-bond donors (Lipinski definition) is 3. The van der Waals surface area contributed by atoms with Gasteiger partial charge in [0, 0.05) is 24.7 Å². The Morgan fingerprint density at radius 2 is 1.94 bits per heavy atom. The van der Waals surface area contributed by atoms with Crippen LogP contribution in [-0.4, -0.2) is 52.1 Å². The van der Waals surface area contributed by atoms with E-state index in [1.165, 1.54) is 31.6 Å². The standard InChI is InChI=1S/C23H26FN7O4/c1-23(2,3)35-22(32)26-6-5-7-34-18-9-14(24)8-17(33-4)21(18)16-10-19(31-30-16)29-20-13-27-15(11-25)12-28-20/h8-10,12-13H,5-7H2,1-4H3,(H,26,32)(H2,28,29,30,31). The highest BCUT2D eigenvalue weighted by atomic mass is 19.1. The van der Waals surface area contributed by atoms with Crippen molar-refractivity contribution in [3.05, 3.63) is 42.1 Å². The number of benzene rings is 1. The van der Waals surface area contributed by atoms with Crippen molar-refractivity contribution < 1.29 is 23.4 Å². The zero-order chi connectivity index (χ0) is 25.4. The molecular formula is C23H26FN7O4. The maximum Gasteiger partial charge on any atom is 0.407 e. The molecule has 3 aromatic rings. The highest BCUT2D eigenvalue weighted by Gasteiger charge is 2.19. The van der Waals surface area contributed by atoms with Crippen molar-refractivity contribution in [3.63, 3.8) is 0 Å². The van der Waals surface area contributed by atoms with Crippen molar-refractivity contribution >= 4 is 17.7 Å². The molecule has 12 heteroatoms. The molecule has 0 aliphatic carbocycles. The van der Waals surface area contributed by atoms with Gasteiger partial charge in [-0.2, -0.15) is 10.4 Å².